The van der Waals surface area contributed by atoms with Gasteiger partial charge >= 0.3 is 60.5 Å². The van der Waals surface area contributed by atoms with Crippen molar-refractivity contribution in [2.45, 2.75) is 0 Å². The van der Waals surface area contributed by atoms with Crippen LogP contribution in [0, 0.1) is 0 Å². The van der Waals surface area contributed by atoms with E-state index in [4.69, 9.17) is 9.11 Å². The molecule has 2 N–H and O–H groups in total. The molecule has 0 aromatic heterocycles. The van der Waals surface area contributed by atoms with Crippen molar-refractivity contribution >= 4 is 60.5 Å². The van der Waals surface area contributed by atoms with E-state index in [-0.39, 0.29) is 37.7 Å². The van der Waals surface area contributed by atoms with Crippen LogP contribution in [0.1, 0.15) is 0 Å². The molecule has 0 amide bonds. The monoisotopic (exact) mass is 188 g/mol. The van der Waals surface area contributed by atoms with E-state index in [0.29, 0.717) is 0 Å². The number of hydrogen-bond acceptors (Lipinski definition) is 3. The van der Waals surface area contributed by atoms with Crippen molar-refractivity contribution in [3.63, 3.8) is 0 Å². The molecule has 0 saturated heterocycles. The second kappa shape index (κ2) is 6.56. The fourth-order valence-electron chi connectivity index (χ4n) is 0.0498. The minimum absolute atomic E-state index is 0. The van der Waals surface area contributed by atoms with Crippen LogP contribution in [-0.2, 0) is 26.4 Å². The zero-order chi connectivity index (χ0) is 5.86. The summed E-state index contributed by atoms with van der Waals surface area (Å²) in [6.45, 7) is 0. The Balaban J connectivity index is 0. The molecule has 0 aliphatic rings. The molecule has 0 rings (SSSR count). The molecule has 0 spiro atoms. The van der Waals surface area contributed by atoms with Crippen LogP contribution in [0.5, 0.6) is 0 Å². The fourth-order valence-corrected chi connectivity index (χ4v) is 0.448. The number of hydrogen-bond donors (Lipinski definition) is 2. The molecule has 0 atom stereocenters. The van der Waals surface area contributed by atoms with E-state index < -0.39 is 22.7 Å². The minimum atomic E-state index is -2.65. The second-order valence-corrected chi connectivity index (χ2v) is 1.92. The summed E-state index contributed by atoms with van der Waals surface area (Å²) >= 11 is -5.29. The maximum atomic E-state index is 9.35. The molecular formula is H4CaO5S2. The Morgan fingerprint density at radius 2 is 1.38 bits per heavy atom. The van der Waals surface area contributed by atoms with Gasteiger partial charge in [0.05, 0.1) is 0 Å². The van der Waals surface area contributed by atoms with E-state index in [1.54, 1.807) is 0 Å². The standard InChI is InChI=1S/Ca.H2O5S2.2H/c;1-6(2)5-7(3)4;;/h;(H,1,2)(H,3,4);;. The molecule has 0 radical (unpaired) electrons. The van der Waals surface area contributed by atoms with Gasteiger partial charge in [-0.25, -0.2) is 0 Å². The summed E-state index contributed by atoms with van der Waals surface area (Å²) in [6, 6.07) is 0. The van der Waals surface area contributed by atoms with Gasteiger partial charge in [0.15, 0.2) is 0 Å². The Hall–Kier alpha value is 1.44. The van der Waals surface area contributed by atoms with Crippen LogP contribution in [-0.4, -0.2) is 55.3 Å². The van der Waals surface area contributed by atoms with Gasteiger partial charge in [0, 0.05) is 0 Å². The molecule has 8 heavy (non-hydrogen) atoms. The molecule has 0 bridgehead atoms. The van der Waals surface area contributed by atoms with Crippen molar-refractivity contribution in [1.29, 1.82) is 0 Å². The first-order valence-corrected chi connectivity index (χ1v) is 3.10. The van der Waals surface area contributed by atoms with Gasteiger partial charge in [-0.1, -0.05) is 0 Å². The zero-order valence-corrected chi connectivity index (χ0v) is 4.57. The molecule has 0 fully saturated rings. The first-order chi connectivity index (χ1) is 3.13. The second-order valence-electron chi connectivity index (χ2n) is 0.502. The van der Waals surface area contributed by atoms with Crippen molar-refractivity contribution in [3.05, 3.63) is 0 Å². The Labute approximate surface area is 80.8 Å². The van der Waals surface area contributed by atoms with Crippen LogP contribution in [0.25, 0.3) is 0 Å². The zero-order valence-electron chi connectivity index (χ0n) is 2.94. The van der Waals surface area contributed by atoms with E-state index in [0.717, 1.165) is 0 Å². The van der Waals surface area contributed by atoms with Gasteiger partial charge in [0.1, 0.15) is 0 Å². The molecule has 48 valence electrons. The van der Waals surface area contributed by atoms with Crippen LogP contribution in [0.4, 0.5) is 0 Å². The fraction of sp³-hybridized carbons (Fsp3) is 0. The van der Waals surface area contributed by atoms with Crippen molar-refractivity contribution in [2.75, 3.05) is 0 Å². The average molecular weight is 188 g/mol. The summed E-state index contributed by atoms with van der Waals surface area (Å²) in [4.78, 5) is 0. The Morgan fingerprint density at radius 1 is 1.12 bits per heavy atom. The molecular weight excluding hydrogens is 184 g/mol. The normalized spacial score (nSPS) is 16.2. The SMILES string of the molecule is O=S(O)OS(=O)O.[CaH2]. The summed E-state index contributed by atoms with van der Waals surface area (Å²) in [7, 11) is 0. The first-order valence-electron chi connectivity index (χ1n) is 1.03. The van der Waals surface area contributed by atoms with Crippen LogP contribution in [0.15, 0.2) is 0 Å². The first kappa shape index (κ1) is 12.1. The molecule has 0 heterocycles. The van der Waals surface area contributed by atoms with Crippen molar-refractivity contribution in [1.82, 2.24) is 0 Å². The van der Waals surface area contributed by atoms with E-state index in [1.807, 2.05) is 0 Å². The van der Waals surface area contributed by atoms with E-state index in [2.05, 4.69) is 3.63 Å². The van der Waals surface area contributed by atoms with Crippen molar-refractivity contribution in [2.24, 2.45) is 0 Å². The van der Waals surface area contributed by atoms with E-state index in [1.165, 1.54) is 0 Å². The van der Waals surface area contributed by atoms with E-state index >= 15 is 0 Å². The molecule has 0 aromatic rings. The maximum absolute atomic E-state index is 9.35. The molecule has 0 unspecified atom stereocenters. The topological polar surface area (TPSA) is 83.8 Å². The third-order valence-electron chi connectivity index (χ3n) is 0.116. The molecule has 0 aliphatic heterocycles. The average Bonchev–Trinajstić information content (AvgIpc) is 1.27. The van der Waals surface area contributed by atoms with Crippen molar-refractivity contribution in [3.8, 4) is 0 Å². The third-order valence-corrected chi connectivity index (χ3v) is 1.05. The van der Waals surface area contributed by atoms with Crippen LogP contribution >= 0.6 is 0 Å². The Morgan fingerprint density at radius 3 is 1.38 bits per heavy atom. The quantitative estimate of drug-likeness (QED) is 0.401. The van der Waals surface area contributed by atoms with Gasteiger partial charge in [-0.15, -0.1) is 3.63 Å². The third kappa shape index (κ3) is 10.4. The number of rotatable bonds is 2. The van der Waals surface area contributed by atoms with Crippen LogP contribution in [0.2, 0.25) is 0 Å². The molecule has 0 saturated carbocycles. The Kier molecular flexibility index (Phi) is 9.96. The van der Waals surface area contributed by atoms with Crippen LogP contribution < -0.4 is 0 Å². The predicted octanol–water partition coefficient (Wildman–Crippen LogP) is -1.64. The van der Waals surface area contributed by atoms with Gasteiger partial charge in [0.25, 0.3) is 0 Å². The summed E-state index contributed by atoms with van der Waals surface area (Å²) in [5.74, 6) is 0. The van der Waals surface area contributed by atoms with E-state index in [9.17, 15) is 8.42 Å². The van der Waals surface area contributed by atoms with Gasteiger partial charge < -0.3 is 0 Å². The van der Waals surface area contributed by atoms with Gasteiger partial charge in [-0.2, -0.15) is 8.42 Å². The Bertz CT molecular complexity index is 86.6. The summed E-state index contributed by atoms with van der Waals surface area (Å²) in [5, 5.41) is 0. The van der Waals surface area contributed by atoms with Gasteiger partial charge in [-0.3, -0.25) is 9.11 Å². The molecule has 0 aromatic carbocycles. The van der Waals surface area contributed by atoms with Crippen molar-refractivity contribution < 1.29 is 21.2 Å². The van der Waals surface area contributed by atoms with Gasteiger partial charge in [0.2, 0.25) is 0 Å². The van der Waals surface area contributed by atoms with Gasteiger partial charge in [-0.05, 0) is 0 Å². The summed E-state index contributed by atoms with van der Waals surface area (Å²) < 4.78 is 37.2. The van der Waals surface area contributed by atoms with Crippen LogP contribution in [0.3, 0.4) is 0 Å². The predicted molar refractivity (Wildman–Crippen MR) is 31.2 cm³/mol. The molecule has 5 nitrogen and oxygen atoms in total. The molecule has 0 aliphatic carbocycles. The molecule has 8 heteroatoms. The summed E-state index contributed by atoms with van der Waals surface area (Å²) in [6.07, 6.45) is 0. The summed E-state index contributed by atoms with van der Waals surface area (Å²) in [5.41, 5.74) is 0.